The van der Waals surface area contributed by atoms with E-state index in [2.05, 4.69) is 54.5 Å². The van der Waals surface area contributed by atoms with Gasteiger partial charge in [0, 0.05) is 0 Å². The molecule has 2 aliphatic heterocycles. The number of benzene rings is 1. The molecule has 0 aliphatic carbocycles. The van der Waals surface area contributed by atoms with Crippen LogP contribution in [0.5, 0.6) is 0 Å². The van der Waals surface area contributed by atoms with Crippen LogP contribution in [0.15, 0.2) is 18.2 Å². The molecule has 0 amide bonds. The van der Waals surface area contributed by atoms with E-state index in [1.807, 2.05) is 12.1 Å². The molecule has 6 heteroatoms. The molecule has 1 aromatic carbocycles. The highest BCUT2D eigenvalue weighted by molar-refractivity contribution is 6.62. The number of hydrogen-bond donors (Lipinski definition) is 0. The molecule has 2 aliphatic rings. The predicted octanol–water partition coefficient (Wildman–Crippen LogP) is 3.02. The van der Waals surface area contributed by atoms with Crippen molar-refractivity contribution in [1.82, 2.24) is 0 Å². The predicted molar refractivity (Wildman–Crippen MR) is 110 cm³/mol. The smallest absolute Gasteiger partial charge is 0.468 e. The summed E-state index contributed by atoms with van der Waals surface area (Å²) in [6.07, 6.45) is 0.846. The average molecular weight is 388 g/mol. The van der Waals surface area contributed by atoms with Crippen molar-refractivity contribution in [2.75, 3.05) is 20.3 Å². The molecule has 0 N–H and O–H groups in total. The maximum Gasteiger partial charge on any atom is 0.495 e. The summed E-state index contributed by atoms with van der Waals surface area (Å²) in [5.74, 6) is -0.246. The van der Waals surface area contributed by atoms with Crippen molar-refractivity contribution in [3.05, 3.63) is 29.3 Å². The Morgan fingerprint density at radius 3 is 2.11 bits per heavy atom. The lowest BCUT2D eigenvalue weighted by Crippen LogP contribution is -2.54. The van der Waals surface area contributed by atoms with E-state index >= 15 is 0 Å². The van der Waals surface area contributed by atoms with E-state index in [0.29, 0.717) is 13.2 Å². The Hall–Kier alpha value is -1.37. The summed E-state index contributed by atoms with van der Waals surface area (Å²) in [4.78, 5) is 12.5. The van der Waals surface area contributed by atoms with Crippen molar-refractivity contribution in [3.8, 4) is 0 Å². The fraction of sp³-hybridized carbons (Fsp3) is 0.682. The molecule has 0 atom stereocenters. The largest absolute Gasteiger partial charge is 0.495 e. The number of ether oxygens (including phenoxy) is 2. The summed E-state index contributed by atoms with van der Waals surface area (Å²) < 4.78 is 23.1. The van der Waals surface area contributed by atoms with Gasteiger partial charge in [0.25, 0.3) is 0 Å². The average Bonchev–Trinajstić information content (AvgIpc) is 2.72. The fourth-order valence-electron chi connectivity index (χ4n) is 3.73. The van der Waals surface area contributed by atoms with Crippen LogP contribution in [0.4, 0.5) is 0 Å². The minimum Gasteiger partial charge on any atom is -0.468 e. The van der Waals surface area contributed by atoms with Gasteiger partial charge in [-0.15, -0.1) is 0 Å². The molecule has 5 nitrogen and oxygen atoms in total. The number of carbonyl (C=O) groups excluding carboxylic acids is 1. The minimum absolute atomic E-state index is 0.0750. The molecule has 0 bridgehead atoms. The first-order chi connectivity index (χ1) is 12.8. The van der Waals surface area contributed by atoms with Crippen LogP contribution in [-0.2, 0) is 35.4 Å². The number of hydrogen-bond acceptors (Lipinski definition) is 5. The summed E-state index contributed by atoms with van der Waals surface area (Å²) >= 11 is 0. The van der Waals surface area contributed by atoms with Crippen LogP contribution in [0.25, 0.3) is 0 Å². The number of carbonyl (C=O) groups is 1. The molecule has 0 unspecified atom stereocenters. The second-order valence-corrected chi connectivity index (χ2v) is 10.3. The Labute approximate surface area is 169 Å². The summed E-state index contributed by atoms with van der Waals surface area (Å²) in [6, 6.07) is 6.15. The molecule has 2 saturated heterocycles. The van der Waals surface area contributed by atoms with Crippen LogP contribution in [0.2, 0.25) is 0 Å². The zero-order valence-corrected chi connectivity index (χ0v) is 18.5. The van der Waals surface area contributed by atoms with Gasteiger partial charge in [0.1, 0.15) is 5.41 Å². The standard InChI is InChI=1S/C22H33BO5/c1-19(2,3)12-15-11-16(22(13-26-14-22)18(24)25-8)9-10-17(15)23-27-20(4,5)21(6,7)28-23/h9-11H,12-14H2,1-8H3. The Morgan fingerprint density at radius 1 is 1.11 bits per heavy atom. The van der Waals surface area contributed by atoms with E-state index in [0.717, 1.165) is 23.0 Å². The van der Waals surface area contributed by atoms with Gasteiger partial charge in [-0.2, -0.15) is 0 Å². The van der Waals surface area contributed by atoms with Crippen LogP contribution in [-0.4, -0.2) is 44.6 Å². The Balaban J connectivity index is 2.03. The van der Waals surface area contributed by atoms with Gasteiger partial charge in [-0.05, 0) is 56.1 Å². The molecule has 2 heterocycles. The highest BCUT2D eigenvalue weighted by Crippen LogP contribution is 2.38. The molecule has 2 fully saturated rings. The van der Waals surface area contributed by atoms with Gasteiger partial charge in [-0.25, -0.2) is 0 Å². The van der Waals surface area contributed by atoms with Crippen molar-refractivity contribution in [3.63, 3.8) is 0 Å². The summed E-state index contributed by atoms with van der Waals surface area (Å²) in [5, 5.41) is 0. The van der Waals surface area contributed by atoms with Gasteiger partial charge in [-0.1, -0.05) is 39.0 Å². The van der Waals surface area contributed by atoms with E-state index < -0.39 is 23.7 Å². The van der Waals surface area contributed by atoms with E-state index in [1.165, 1.54) is 7.11 Å². The monoisotopic (exact) mass is 388 g/mol. The molecule has 0 saturated carbocycles. The molecule has 28 heavy (non-hydrogen) atoms. The quantitative estimate of drug-likeness (QED) is 0.586. The number of methoxy groups -OCH3 is 1. The normalized spacial score (nSPS) is 22.6. The van der Waals surface area contributed by atoms with Crippen molar-refractivity contribution in [1.29, 1.82) is 0 Å². The molecule has 1 aromatic rings. The van der Waals surface area contributed by atoms with E-state index in [9.17, 15) is 4.79 Å². The van der Waals surface area contributed by atoms with Gasteiger partial charge >= 0.3 is 13.1 Å². The lowest BCUT2D eigenvalue weighted by Gasteiger charge is -2.39. The van der Waals surface area contributed by atoms with Crippen LogP contribution in [0.3, 0.4) is 0 Å². The minimum atomic E-state index is -0.712. The highest BCUT2D eigenvalue weighted by atomic mass is 16.7. The van der Waals surface area contributed by atoms with Crippen LogP contribution < -0.4 is 5.46 Å². The van der Waals surface area contributed by atoms with Gasteiger partial charge in [0.05, 0.1) is 31.5 Å². The van der Waals surface area contributed by atoms with Crippen molar-refractivity contribution in [2.45, 2.75) is 71.5 Å². The number of rotatable bonds is 4. The van der Waals surface area contributed by atoms with Crippen LogP contribution >= 0.6 is 0 Å². The van der Waals surface area contributed by atoms with Gasteiger partial charge in [0.15, 0.2) is 0 Å². The van der Waals surface area contributed by atoms with Crippen LogP contribution in [0.1, 0.15) is 59.6 Å². The lowest BCUT2D eigenvalue weighted by atomic mass is 9.69. The lowest BCUT2D eigenvalue weighted by molar-refractivity contribution is -0.166. The summed E-state index contributed by atoms with van der Waals surface area (Å²) in [6.45, 7) is 15.6. The molecule has 154 valence electrons. The van der Waals surface area contributed by atoms with E-state index in [4.69, 9.17) is 18.8 Å². The van der Waals surface area contributed by atoms with Gasteiger partial charge in [0.2, 0.25) is 0 Å². The molecule has 0 spiro atoms. The molecular weight excluding hydrogens is 355 g/mol. The van der Waals surface area contributed by atoms with E-state index in [-0.39, 0.29) is 11.4 Å². The van der Waals surface area contributed by atoms with Crippen molar-refractivity contribution < 1.29 is 23.6 Å². The van der Waals surface area contributed by atoms with Gasteiger partial charge in [-0.3, -0.25) is 4.79 Å². The Bertz CT molecular complexity index is 743. The first-order valence-electron chi connectivity index (χ1n) is 9.96. The van der Waals surface area contributed by atoms with Crippen LogP contribution in [0, 0.1) is 5.41 Å². The first-order valence-corrected chi connectivity index (χ1v) is 9.96. The fourth-order valence-corrected chi connectivity index (χ4v) is 3.73. The van der Waals surface area contributed by atoms with Crippen molar-refractivity contribution >= 4 is 18.6 Å². The molecule has 3 rings (SSSR count). The molecule has 0 radical (unpaired) electrons. The maximum atomic E-state index is 12.5. The SMILES string of the molecule is COC(=O)C1(c2ccc(B3OC(C)(C)C(C)(C)O3)c(CC(C)(C)C)c2)COC1. The van der Waals surface area contributed by atoms with Gasteiger partial charge < -0.3 is 18.8 Å². The Morgan fingerprint density at radius 2 is 1.68 bits per heavy atom. The van der Waals surface area contributed by atoms with Crippen molar-refractivity contribution in [2.24, 2.45) is 5.41 Å². The zero-order chi connectivity index (χ0) is 21.0. The molecule has 0 aromatic heterocycles. The van der Waals surface area contributed by atoms with E-state index in [1.54, 1.807) is 0 Å². The Kier molecular flexibility index (Phi) is 5.23. The second-order valence-electron chi connectivity index (χ2n) is 10.3. The maximum absolute atomic E-state index is 12.5. The topological polar surface area (TPSA) is 54.0 Å². The summed E-state index contributed by atoms with van der Waals surface area (Å²) in [7, 11) is 1.00. The first kappa shape index (κ1) is 21.3. The third-order valence-corrected chi connectivity index (χ3v) is 6.20. The molecular formula is C22H33BO5. The third-order valence-electron chi connectivity index (χ3n) is 6.20. The highest BCUT2D eigenvalue weighted by Gasteiger charge is 2.53. The summed E-state index contributed by atoms with van der Waals surface area (Å²) in [5.41, 5.74) is 1.66. The second kappa shape index (κ2) is 6.86. The third kappa shape index (κ3) is 3.62. The number of esters is 1. The zero-order valence-electron chi connectivity index (χ0n) is 18.5.